The van der Waals surface area contributed by atoms with E-state index >= 15 is 0 Å². The van der Waals surface area contributed by atoms with E-state index in [1.807, 2.05) is 36.4 Å². The third-order valence-electron chi connectivity index (χ3n) is 4.04. The molecule has 0 saturated heterocycles. The van der Waals surface area contributed by atoms with Crippen molar-refractivity contribution < 1.29 is 4.79 Å². The van der Waals surface area contributed by atoms with Gasteiger partial charge in [-0.25, -0.2) is 9.97 Å². The van der Waals surface area contributed by atoms with Crippen LogP contribution in [0, 0.1) is 5.92 Å². The molecule has 2 heterocycles. The lowest BCUT2D eigenvalue weighted by atomic mass is 9.85. The van der Waals surface area contributed by atoms with E-state index in [4.69, 9.17) is 0 Å². The number of anilines is 1. The number of pyridine rings is 1. The van der Waals surface area contributed by atoms with Gasteiger partial charge in [0.15, 0.2) is 0 Å². The molecule has 4 nitrogen and oxygen atoms in total. The molecule has 0 unspecified atom stereocenters. The van der Waals surface area contributed by atoms with E-state index in [-0.39, 0.29) is 11.8 Å². The summed E-state index contributed by atoms with van der Waals surface area (Å²) >= 11 is 1.58. The van der Waals surface area contributed by atoms with Crippen LogP contribution in [0.4, 0.5) is 5.69 Å². The van der Waals surface area contributed by atoms with Gasteiger partial charge in [0, 0.05) is 23.4 Å². The van der Waals surface area contributed by atoms with Crippen LogP contribution in [0.5, 0.6) is 0 Å². The molecule has 1 fully saturated rings. The molecule has 5 heteroatoms. The van der Waals surface area contributed by atoms with Gasteiger partial charge in [0.05, 0.1) is 0 Å². The number of nitrogens with one attached hydrogen (secondary N) is 1. The zero-order valence-corrected chi connectivity index (χ0v) is 12.8. The van der Waals surface area contributed by atoms with Gasteiger partial charge in [-0.3, -0.25) is 4.79 Å². The van der Waals surface area contributed by atoms with E-state index < -0.39 is 0 Å². The van der Waals surface area contributed by atoms with Gasteiger partial charge in [0.1, 0.15) is 15.4 Å². The predicted molar refractivity (Wildman–Crippen MR) is 88.8 cm³/mol. The standard InChI is InChI=1S/C17H15N3OS/c21-15(11-3-1-4-11)19-13-8-6-12(7-9-13)16-20-14-5-2-10-18-17(14)22-16/h2,5-11H,1,3-4H2,(H,19,21). The van der Waals surface area contributed by atoms with E-state index in [1.165, 1.54) is 6.42 Å². The molecule has 4 rings (SSSR count). The van der Waals surface area contributed by atoms with Gasteiger partial charge in [-0.1, -0.05) is 17.8 Å². The molecule has 1 N–H and O–H groups in total. The molecule has 0 radical (unpaired) electrons. The molecule has 2 aromatic heterocycles. The molecule has 1 aromatic carbocycles. The Labute approximate surface area is 132 Å². The van der Waals surface area contributed by atoms with Crippen LogP contribution in [-0.4, -0.2) is 15.9 Å². The number of thiazole rings is 1. The van der Waals surface area contributed by atoms with Gasteiger partial charge in [0.2, 0.25) is 5.91 Å². The molecule has 1 amide bonds. The van der Waals surface area contributed by atoms with E-state index in [0.29, 0.717) is 0 Å². The molecule has 0 bridgehead atoms. The summed E-state index contributed by atoms with van der Waals surface area (Å²) in [5.74, 6) is 0.346. The van der Waals surface area contributed by atoms with Crippen LogP contribution in [0.1, 0.15) is 19.3 Å². The van der Waals surface area contributed by atoms with Crippen molar-refractivity contribution in [2.45, 2.75) is 19.3 Å². The fraction of sp³-hybridized carbons (Fsp3) is 0.235. The highest BCUT2D eigenvalue weighted by Crippen LogP contribution is 2.30. The van der Waals surface area contributed by atoms with Crippen molar-refractivity contribution in [3.63, 3.8) is 0 Å². The minimum atomic E-state index is 0.142. The van der Waals surface area contributed by atoms with Crippen LogP contribution in [0.25, 0.3) is 20.9 Å². The first-order valence-electron chi connectivity index (χ1n) is 7.42. The monoisotopic (exact) mass is 309 g/mol. The Bertz CT molecular complexity index is 788. The maximum atomic E-state index is 11.9. The Kier molecular flexibility index (Phi) is 3.35. The van der Waals surface area contributed by atoms with Crippen molar-refractivity contribution in [2.75, 3.05) is 5.32 Å². The number of hydrogen-bond donors (Lipinski definition) is 1. The largest absolute Gasteiger partial charge is 0.326 e. The Morgan fingerprint density at radius 1 is 1.18 bits per heavy atom. The first-order chi connectivity index (χ1) is 10.8. The summed E-state index contributed by atoms with van der Waals surface area (Å²) in [7, 11) is 0. The third kappa shape index (κ3) is 2.48. The second kappa shape index (κ2) is 5.50. The van der Waals surface area contributed by atoms with Crippen LogP contribution in [0.15, 0.2) is 42.6 Å². The van der Waals surface area contributed by atoms with Gasteiger partial charge >= 0.3 is 0 Å². The molecule has 0 aliphatic heterocycles. The summed E-state index contributed by atoms with van der Waals surface area (Å²) < 4.78 is 0. The Balaban J connectivity index is 1.54. The number of fused-ring (bicyclic) bond motifs is 1. The van der Waals surface area contributed by atoms with Crippen molar-refractivity contribution in [1.29, 1.82) is 0 Å². The Hall–Kier alpha value is -2.27. The topological polar surface area (TPSA) is 54.9 Å². The molecule has 1 aliphatic rings. The van der Waals surface area contributed by atoms with Crippen LogP contribution in [0.2, 0.25) is 0 Å². The van der Waals surface area contributed by atoms with Gasteiger partial charge in [0.25, 0.3) is 0 Å². The van der Waals surface area contributed by atoms with Crippen LogP contribution >= 0.6 is 11.3 Å². The van der Waals surface area contributed by atoms with Crippen LogP contribution < -0.4 is 5.32 Å². The van der Waals surface area contributed by atoms with Gasteiger partial charge in [-0.2, -0.15) is 0 Å². The molecular formula is C17H15N3OS. The maximum Gasteiger partial charge on any atom is 0.227 e. The summed E-state index contributed by atoms with van der Waals surface area (Å²) in [5.41, 5.74) is 2.81. The molecule has 0 atom stereocenters. The fourth-order valence-corrected chi connectivity index (χ4v) is 3.42. The average molecular weight is 309 g/mol. The van der Waals surface area contributed by atoms with E-state index in [2.05, 4.69) is 15.3 Å². The number of aromatic nitrogens is 2. The lowest BCUT2D eigenvalue weighted by molar-refractivity contribution is -0.122. The summed E-state index contributed by atoms with van der Waals surface area (Å²) in [6.07, 6.45) is 4.98. The lowest BCUT2D eigenvalue weighted by Gasteiger charge is -2.24. The first-order valence-corrected chi connectivity index (χ1v) is 8.24. The summed E-state index contributed by atoms with van der Waals surface area (Å²) in [4.78, 5) is 21.8. The number of nitrogens with zero attached hydrogens (tertiary/aromatic N) is 2. The van der Waals surface area contributed by atoms with Gasteiger partial charge in [-0.15, -0.1) is 0 Å². The van der Waals surface area contributed by atoms with Crippen molar-refractivity contribution in [1.82, 2.24) is 9.97 Å². The van der Waals surface area contributed by atoms with Crippen molar-refractivity contribution in [3.8, 4) is 10.6 Å². The van der Waals surface area contributed by atoms with Gasteiger partial charge in [-0.05, 0) is 49.2 Å². The number of carbonyl (C=O) groups is 1. The normalized spacial score (nSPS) is 14.7. The van der Waals surface area contributed by atoms with E-state index in [9.17, 15) is 4.79 Å². The number of rotatable bonds is 3. The van der Waals surface area contributed by atoms with Gasteiger partial charge < -0.3 is 5.32 Å². The van der Waals surface area contributed by atoms with Crippen LogP contribution in [-0.2, 0) is 4.79 Å². The molecular weight excluding hydrogens is 294 g/mol. The second-order valence-corrected chi connectivity index (χ2v) is 6.52. The smallest absolute Gasteiger partial charge is 0.227 e. The quantitative estimate of drug-likeness (QED) is 0.792. The highest BCUT2D eigenvalue weighted by molar-refractivity contribution is 7.21. The molecule has 3 aromatic rings. The summed E-state index contributed by atoms with van der Waals surface area (Å²) in [5, 5.41) is 3.93. The Morgan fingerprint density at radius 3 is 2.68 bits per heavy atom. The number of benzene rings is 1. The summed E-state index contributed by atoms with van der Waals surface area (Å²) in [6.45, 7) is 0. The zero-order valence-electron chi connectivity index (χ0n) is 12.0. The van der Waals surface area contributed by atoms with Crippen molar-refractivity contribution in [2.24, 2.45) is 5.92 Å². The number of hydrogen-bond acceptors (Lipinski definition) is 4. The summed E-state index contributed by atoms with van der Waals surface area (Å²) in [6, 6.07) is 11.7. The molecule has 0 spiro atoms. The minimum Gasteiger partial charge on any atom is -0.326 e. The van der Waals surface area contributed by atoms with Crippen LogP contribution in [0.3, 0.4) is 0 Å². The Morgan fingerprint density at radius 2 is 2.00 bits per heavy atom. The van der Waals surface area contributed by atoms with Crippen molar-refractivity contribution in [3.05, 3.63) is 42.6 Å². The lowest BCUT2D eigenvalue weighted by Crippen LogP contribution is -2.27. The SMILES string of the molecule is O=C(Nc1ccc(-c2nc3cccnc3s2)cc1)C1CCC1. The van der Waals surface area contributed by atoms with Crippen molar-refractivity contribution >= 4 is 33.3 Å². The molecule has 1 saturated carbocycles. The molecule has 110 valence electrons. The first kappa shape index (κ1) is 13.4. The highest BCUT2D eigenvalue weighted by Gasteiger charge is 2.25. The predicted octanol–water partition coefficient (Wildman–Crippen LogP) is 4.10. The third-order valence-corrected chi connectivity index (χ3v) is 5.07. The van der Waals surface area contributed by atoms with E-state index in [1.54, 1.807) is 17.5 Å². The maximum absolute atomic E-state index is 11.9. The fourth-order valence-electron chi connectivity index (χ4n) is 2.50. The zero-order chi connectivity index (χ0) is 14.9. The number of carbonyl (C=O) groups excluding carboxylic acids is 1. The average Bonchev–Trinajstić information content (AvgIpc) is 2.90. The minimum absolute atomic E-state index is 0.142. The molecule has 22 heavy (non-hydrogen) atoms. The second-order valence-electron chi connectivity index (χ2n) is 5.54. The highest BCUT2D eigenvalue weighted by atomic mass is 32.1. The molecule has 1 aliphatic carbocycles. The van der Waals surface area contributed by atoms with E-state index in [0.717, 1.165) is 39.4 Å². The number of amides is 1.